The van der Waals surface area contributed by atoms with E-state index >= 15 is 0 Å². The van der Waals surface area contributed by atoms with Crippen molar-refractivity contribution in [3.8, 4) is 11.3 Å². The molecule has 0 amide bonds. The molecule has 0 unspecified atom stereocenters. The summed E-state index contributed by atoms with van der Waals surface area (Å²) in [7, 11) is -0.0247. The molecule has 0 aliphatic rings. The van der Waals surface area contributed by atoms with E-state index in [0.717, 1.165) is 39.5 Å². The van der Waals surface area contributed by atoms with E-state index in [-0.39, 0.29) is 4.21 Å². The van der Waals surface area contributed by atoms with E-state index in [0.29, 0.717) is 28.9 Å². The van der Waals surface area contributed by atoms with Gasteiger partial charge < -0.3 is 5.32 Å². The second kappa shape index (κ2) is 9.40. The highest BCUT2D eigenvalue weighted by molar-refractivity contribution is 7.91. The van der Waals surface area contributed by atoms with Gasteiger partial charge in [0.2, 0.25) is 0 Å². The number of hydrogen-bond acceptors (Lipinski definition) is 6. The van der Waals surface area contributed by atoms with Gasteiger partial charge in [-0.05, 0) is 30.1 Å². The third-order valence-corrected chi connectivity index (χ3v) is 8.85. The van der Waals surface area contributed by atoms with Crippen LogP contribution in [0.15, 0.2) is 52.9 Å². The standard InChI is InChI=1S/C20H20BCl2N5O2S2/c1-27(32(29,30)19-8-7-17(23)31-19)10-4-9-24-18-11-16(13-5-2-3-6-15(13)22)26-20-14(21)12-25-28(18)20/h2-3,5-8,11-12,24H,4,9-10,21H2,1H3. The summed E-state index contributed by atoms with van der Waals surface area (Å²) in [6.45, 7) is 0.902. The van der Waals surface area contributed by atoms with E-state index in [2.05, 4.69) is 10.4 Å². The number of fused-ring (bicyclic) bond motifs is 1. The monoisotopic (exact) mass is 507 g/mol. The molecule has 0 aliphatic carbocycles. The molecule has 3 heterocycles. The highest BCUT2D eigenvalue weighted by Gasteiger charge is 2.22. The van der Waals surface area contributed by atoms with E-state index in [1.807, 2.05) is 38.2 Å². The van der Waals surface area contributed by atoms with Gasteiger partial charge in [-0.15, -0.1) is 11.3 Å². The Balaban J connectivity index is 1.49. The lowest BCUT2D eigenvalue weighted by atomic mass is 10.0. The van der Waals surface area contributed by atoms with Gasteiger partial charge in [-0.25, -0.2) is 17.7 Å². The molecule has 4 aromatic rings. The summed E-state index contributed by atoms with van der Waals surface area (Å²) in [5.41, 5.74) is 3.26. The third-order valence-electron chi connectivity index (χ3n) is 4.97. The molecule has 4 rings (SSSR count). The van der Waals surface area contributed by atoms with Gasteiger partial charge >= 0.3 is 0 Å². The van der Waals surface area contributed by atoms with Gasteiger partial charge in [-0.1, -0.05) is 41.4 Å². The fraction of sp³-hybridized carbons (Fsp3) is 0.200. The van der Waals surface area contributed by atoms with Crippen LogP contribution in [0.2, 0.25) is 9.36 Å². The van der Waals surface area contributed by atoms with E-state index in [4.69, 9.17) is 28.2 Å². The number of rotatable bonds is 8. The molecule has 0 radical (unpaired) electrons. The van der Waals surface area contributed by atoms with Gasteiger partial charge in [-0.3, -0.25) is 0 Å². The SMILES string of the molecule is Bc1cnn2c(NCCCN(C)S(=O)(=O)c3ccc(Cl)s3)cc(-c3ccccc3Cl)nc12. The minimum Gasteiger partial charge on any atom is -0.370 e. The summed E-state index contributed by atoms with van der Waals surface area (Å²) >= 11 is 13.3. The van der Waals surface area contributed by atoms with E-state index in [9.17, 15) is 8.42 Å². The van der Waals surface area contributed by atoms with Crippen molar-refractivity contribution < 1.29 is 8.42 Å². The number of nitrogens with zero attached hydrogens (tertiary/aromatic N) is 4. The van der Waals surface area contributed by atoms with Crippen molar-refractivity contribution in [1.29, 1.82) is 0 Å². The van der Waals surface area contributed by atoms with Crippen LogP contribution in [-0.2, 0) is 10.0 Å². The summed E-state index contributed by atoms with van der Waals surface area (Å²) < 4.78 is 29.1. The Morgan fingerprint density at radius 1 is 1.22 bits per heavy atom. The first-order chi connectivity index (χ1) is 15.3. The van der Waals surface area contributed by atoms with Gasteiger partial charge in [0.15, 0.2) is 5.65 Å². The fourth-order valence-electron chi connectivity index (χ4n) is 3.23. The van der Waals surface area contributed by atoms with Gasteiger partial charge in [0, 0.05) is 43.0 Å². The van der Waals surface area contributed by atoms with Gasteiger partial charge in [-0.2, -0.15) is 9.61 Å². The van der Waals surface area contributed by atoms with E-state index in [1.54, 1.807) is 23.8 Å². The Bertz CT molecular complexity index is 1370. The van der Waals surface area contributed by atoms with Crippen LogP contribution in [-0.4, -0.2) is 55.3 Å². The molecule has 1 N–H and O–H groups in total. The van der Waals surface area contributed by atoms with Crippen molar-refractivity contribution in [2.45, 2.75) is 10.6 Å². The molecule has 0 aliphatic heterocycles. The Morgan fingerprint density at radius 2 is 2.00 bits per heavy atom. The van der Waals surface area contributed by atoms with Crippen molar-refractivity contribution >= 4 is 69.3 Å². The summed E-state index contributed by atoms with van der Waals surface area (Å²) in [6, 6.07) is 12.6. The number of sulfonamides is 1. The summed E-state index contributed by atoms with van der Waals surface area (Å²) in [5, 5.41) is 8.39. The lowest BCUT2D eigenvalue weighted by Crippen LogP contribution is -2.28. The number of benzene rings is 1. The van der Waals surface area contributed by atoms with Gasteiger partial charge in [0.05, 0.1) is 10.0 Å². The Morgan fingerprint density at radius 3 is 2.72 bits per heavy atom. The van der Waals surface area contributed by atoms with Crippen LogP contribution in [0, 0.1) is 0 Å². The smallest absolute Gasteiger partial charge is 0.252 e. The Kier molecular flexibility index (Phi) is 6.78. The molecule has 0 saturated carbocycles. The average Bonchev–Trinajstić information content (AvgIpc) is 3.37. The summed E-state index contributed by atoms with van der Waals surface area (Å²) in [6.07, 6.45) is 2.36. The number of nitrogens with one attached hydrogen (secondary N) is 1. The number of thiophene rings is 1. The number of halogens is 2. The normalized spacial score (nSPS) is 12.0. The first-order valence-electron chi connectivity index (χ1n) is 9.83. The number of anilines is 1. The molecule has 1 aromatic carbocycles. The predicted molar refractivity (Wildman–Crippen MR) is 134 cm³/mol. The molecule has 3 aromatic heterocycles. The lowest BCUT2D eigenvalue weighted by Gasteiger charge is -2.16. The zero-order valence-corrected chi connectivity index (χ0v) is 20.6. The summed E-state index contributed by atoms with van der Waals surface area (Å²) in [5.74, 6) is 0.758. The largest absolute Gasteiger partial charge is 0.370 e. The Hall–Kier alpha value is -2.11. The molecule has 7 nitrogen and oxygen atoms in total. The minimum absolute atomic E-state index is 0.241. The zero-order chi connectivity index (χ0) is 22.9. The van der Waals surface area contributed by atoms with Crippen LogP contribution in [0.1, 0.15) is 6.42 Å². The highest BCUT2D eigenvalue weighted by atomic mass is 35.5. The van der Waals surface area contributed by atoms with Crippen LogP contribution < -0.4 is 10.8 Å². The van der Waals surface area contributed by atoms with Crippen molar-refractivity contribution in [2.75, 3.05) is 25.5 Å². The second-order valence-corrected chi connectivity index (χ2v) is 11.6. The first-order valence-corrected chi connectivity index (χ1v) is 12.8. The van der Waals surface area contributed by atoms with E-state index < -0.39 is 10.0 Å². The van der Waals surface area contributed by atoms with Crippen LogP contribution in [0.5, 0.6) is 0 Å². The summed E-state index contributed by atoms with van der Waals surface area (Å²) in [4.78, 5) is 4.73. The molecule has 32 heavy (non-hydrogen) atoms. The maximum atomic E-state index is 12.6. The van der Waals surface area contributed by atoms with Crippen molar-refractivity contribution in [3.63, 3.8) is 0 Å². The minimum atomic E-state index is -3.54. The maximum absolute atomic E-state index is 12.6. The topological polar surface area (TPSA) is 79.6 Å². The number of aromatic nitrogens is 3. The molecule has 12 heteroatoms. The Labute approximate surface area is 201 Å². The second-order valence-electron chi connectivity index (χ2n) is 7.23. The molecule has 0 fully saturated rings. The van der Waals surface area contributed by atoms with Crippen LogP contribution in [0.3, 0.4) is 0 Å². The van der Waals surface area contributed by atoms with Crippen LogP contribution >= 0.6 is 34.5 Å². The van der Waals surface area contributed by atoms with Gasteiger partial charge in [0.25, 0.3) is 10.0 Å². The first kappa shape index (κ1) is 23.1. The lowest BCUT2D eigenvalue weighted by molar-refractivity contribution is 0.467. The zero-order valence-electron chi connectivity index (χ0n) is 17.4. The molecule has 166 valence electrons. The molecule has 0 saturated heterocycles. The van der Waals surface area contributed by atoms with Crippen molar-refractivity contribution in [3.05, 3.63) is 58.0 Å². The molecular weight excluding hydrogens is 488 g/mol. The van der Waals surface area contributed by atoms with Crippen molar-refractivity contribution in [1.82, 2.24) is 18.9 Å². The molecule has 0 spiro atoms. The van der Waals surface area contributed by atoms with Crippen molar-refractivity contribution in [2.24, 2.45) is 0 Å². The molecule has 0 atom stereocenters. The quantitative estimate of drug-likeness (QED) is 0.292. The maximum Gasteiger partial charge on any atom is 0.252 e. The predicted octanol–water partition coefficient (Wildman–Crippen LogP) is 3.15. The van der Waals surface area contributed by atoms with E-state index in [1.165, 1.54) is 10.4 Å². The third kappa shape index (κ3) is 4.65. The molecular formula is C20H20BCl2N5O2S2. The highest BCUT2D eigenvalue weighted by Crippen LogP contribution is 2.29. The molecule has 0 bridgehead atoms. The van der Waals surface area contributed by atoms with Crippen LogP contribution in [0.4, 0.5) is 5.82 Å². The average molecular weight is 508 g/mol. The number of hydrogen-bond donors (Lipinski definition) is 1. The van der Waals surface area contributed by atoms with Crippen LogP contribution in [0.25, 0.3) is 16.9 Å². The van der Waals surface area contributed by atoms with Gasteiger partial charge in [0.1, 0.15) is 17.9 Å². The fourth-order valence-corrected chi connectivity index (χ4v) is 6.37.